The van der Waals surface area contributed by atoms with Crippen molar-refractivity contribution in [2.75, 3.05) is 32.1 Å². The molecule has 1 N–H and O–H groups in total. The van der Waals surface area contributed by atoms with E-state index >= 15 is 0 Å². The van der Waals surface area contributed by atoms with Gasteiger partial charge in [0.2, 0.25) is 15.9 Å². The number of thiophene rings is 1. The highest BCUT2D eigenvalue weighted by Crippen LogP contribution is 2.30. The summed E-state index contributed by atoms with van der Waals surface area (Å²) in [4.78, 5) is 25.5. The first kappa shape index (κ1) is 25.2. The minimum atomic E-state index is -3.74. The number of esters is 1. The number of aryl methyl sites for hydroxylation is 1. The molecule has 1 atom stereocenters. The number of ether oxygens (including phenoxy) is 2. The van der Waals surface area contributed by atoms with Gasteiger partial charge >= 0.3 is 5.97 Å². The minimum absolute atomic E-state index is 0.119. The second-order valence-electron chi connectivity index (χ2n) is 8.41. The number of nitrogens with one attached hydrogen (secondary N) is 1. The molecule has 35 heavy (non-hydrogen) atoms. The third-order valence-electron chi connectivity index (χ3n) is 6.01. The van der Waals surface area contributed by atoms with Gasteiger partial charge in [0.1, 0.15) is 10.6 Å². The number of methoxy groups -OCH3 is 1. The minimum Gasteiger partial charge on any atom is -0.494 e. The molecule has 1 fully saturated rings. The van der Waals surface area contributed by atoms with Crippen molar-refractivity contribution in [1.29, 1.82) is 0 Å². The highest BCUT2D eigenvalue weighted by Gasteiger charge is 2.33. The second-order valence-corrected chi connectivity index (χ2v) is 11.4. The van der Waals surface area contributed by atoms with Crippen LogP contribution in [0, 0.1) is 12.8 Å². The van der Waals surface area contributed by atoms with Crippen molar-refractivity contribution in [3.8, 4) is 5.75 Å². The van der Waals surface area contributed by atoms with Gasteiger partial charge in [0, 0.05) is 23.5 Å². The van der Waals surface area contributed by atoms with E-state index in [4.69, 9.17) is 9.47 Å². The molecule has 10 heteroatoms. The largest absolute Gasteiger partial charge is 0.494 e. The molecule has 0 radical (unpaired) electrons. The maximum absolute atomic E-state index is 13.3. The molecule has 1 aromatic heterocycles. The molecule has 8 nitrogen and oxygen atoms in total. The summed E-state index contributed by atoms with van der Waals surface area (Å²) < 4.78 is 39.1. The Morgan fingerprint density at radius 1 is 1.17 bits per heavy atom. The van der Waals surface area contributed by atoms with Gasteiger partial charge in [0.15, 0.2) is 0 Å². The van der Waals surface area contributed by atoms with E-state index in [1.54, 1.807) is 36.4 Å². The lowest BCUT2D eigenvalue weighted by molar-refractivity contribution is -0.120. The summed E-state index contributed by atoms with van der Waals surface area (Å²) in [6, 6.07) is 12.0. The van der Waals surface area contributed by atoms with Crippen LogP contribution in [0.3, 0.4) is 0 Å². The van der Waals surface area contributed by atoms with E-state index in [9.17, 15) is 18.0 Å². The molecule has 1 aliphatic heterocycles. The smallest absolute Gasteiger partial charge is 0.348 e. The molecule has 2 aromatic carbocycles. The zero-order chi connectivity index (χ0) is 25.2. The van der Waals surface area contributed by atoms with Crippen LogP contribution in [0.15, 0.2) is 47.4 Å². The number of carbonyl (C=O) groups excluding carboxylic acids is 2. The maximum Gasteiger partial charge on any atom is 0.348 e. The molecule has 0 unspecified atom stereocenters. The zero-order valence-corrected chi connectivity index (χ0v) is 21.5. The predicted octanol–water partition coefficient (Wildman–Crippen LogP) is 4.43. The summed E-state index contributed by atoms with van der Waals surface area (Å²) in [6.45, 7) is 4.68. The number of fused-ring (bicyclic) bond motifs is 1. The van der Waals surface area contributed by atoms with Crippen LogP contribution in [-0.2, 0) is 19.6 Å². The van der Waals surface area contributed by atoms with Crippen LogP contribution in [0.4, 0.5) is 5.69 Å². The molecule has 4 rings (SSSR count). The highest BCUT2D eigenvalue weighted by atomic mass is 32.2. The monoisotopic (exact) mass is 516 g/mol. The Balaban J connectivity index is 1.47. The van der Waals surface area contributed by atoms with Gasteiger partial charge in [-0.2, -0.15) is 4.31 Å². The van der Waals surface area contributed by atoms with E-state index in [2.05, 4.69) is 5.32 Å². The summed E-state index contributed by atoms with van der Waals surface area (Å²) in [5.74, 6) is -0.437. The summed E-state index contributed by atoms with van der Waals surface area (Å²) >= 11 is 1.32. The highest BCUT2D eigenvalue weighted by molar-refractivity contribution is 7.89. The molecule has 0 aliphatic carbocycles. The normalized spacial score (nSPS) is 16.7. The Hall–Kier alpha value is -2.95. The molecular formula is C25H28N2O6S2. The van der Waals surface area contributed by atoms with Crippen molar-refractivity contribution in [2.45, 2.75) is 31.6 Å². The number of nitrogens with zero attached hydrogens (tertiary/aromatic N) is 1. The molecule has 1 amide bonds. The third kappa shape index (κ3) is 5.34. The Bertz CT molecular complexity index is 1370. The van der Waals surface area contributed by atoms with Gasteiger partial charge in [-0.05, 0) is 80.1 Å². The fourth-order valence-electron chi connectivity index (χ4n) is 4.19. The standard InChI is InChI=1S/C25H28N2O6S2/c1-4-33-21-9-8-20(12-16(21)2)35(30,31)27-11-5-6-17(15-27)24(28)26-19-7-10-22-18(13-19)14-23(34-22)25(29)32-3/h7-10,12-14,17H,4-6,11,15H2,1-3H3,(H,26,28)/t17-/m0/s1. The topological polar surface area (TPSA) is 102 Å². The lowest BCUT2D eigenvalue weighted by atomic mass is 9.98. The predicted molar refractivity (Wildman–Crippen MR) is 136 cm³/mol. The molecule has 1 aliphatic rings. The van der Waals surface area contributed by atoms with Crippen LogP contribution >= 0.6 is 11.3 Å². The van der Waals surface area contributed by atoms with Gasteiger partial charge < -0.3 is 14.8 Å². The number of rotatable bonds is 7. The van der Waals surface area contributed by atoms with Gasteiger partial charge in [0.25, 0.3) is 0 Å². The number of benzene rings is 2. The van der Waals surface area contributed by atoms with Crippen molar-refractivity contribution in [3.63, 3.8) is 0 Å². The SMILES string of the molecule is CCOc1ccc(S(=O)(=O)N2CCC[C@H](C(=O)Nc3ccc4sc(C(=O)OC)cc4c3)C2)cc1C. The lowest BCUT2D eigenvalue weighted by Crippen LogP contribution is -2.43. The van der Waals surface area contributed by atoms with E-state index in [0.717, 1.165) is 15.6 Å². The van der Waals surface area contributed by atoms with Gasteiger partial charge in [-0.15, -0.1) is 11.3 Å². The molecule has 0 bridgehead atoms. The summed E-state index contributed by atoms with van der Waals surface area (Å²) in [6.07, 6.45) is 1.20. The Labute approximate surface area is 208 Å². The van der Waals surface area contributed by atoms with Crippen molar-refractivity contribution in [3.05, 3.63) is 52.9 Å². The van der Waals surface area contributed by atoms with E-state index < -0.39 is 21.9 Å². The van der Waals surface area contributed by atoms with E-state index in [-0.39, 0.29) is 17.3 Å². The summed E-state index contributed by atoms with van der Waals surface area (Å²) in [5, 5.41) is 3.74. The van der Waals surface area contributed by atoms with E-state index in [0.29, 0.717) is 42.3 Å². The third-order valence-corrected chi connectivity index (χ3v) is 8.97. The van der Waals surface area contributed by atoms with Crippen molar-refractivity contribution in [2.24, 2.45) is 5.92 Å². The van der Waals surface area contributed by atoms with E-state index in [1.165, 1.54) is 22.8 Å². The first-order chi connectivity index (χ1) is 16.7. The van der Waals surface area contributed by atoms with Crippen LogP contribution in [0.2, 0.25) is 0 Å². The van der Waals surface area contributed by atoms with Gasteiger partial charge in [0.05, 0.1) is 24.5 Å². The first-order valence-corrected chi connectivity index (χ1v) is 13.6. The van der Waals surface area contributed by atoms with Crippen LogP contribution < -0.4 is 10.1 Å². The lowest BCUT2D eigenvalue weighted by Gasteiger charge is -2.31. The van der Waals surface area contributed by atoms with Gasteiger partial charge in [-0.25, -0.2) is 13.2 Å². The molecule has 0 spiro atoms. The number of sulfonamides is 1. The number of piperidine rings is 1. The fraction of sp³-hybridized carbons (Fsp3) is 0.360. The number of hydrogen-bond donors (Lipinski definition) is 1. The molecule has 3 aromatic rings. The van der Waals surface area contributed by atoms with Crippen LogP contribution in [0.5, 0.6) is 5.75 Å². The Morgan fingerprint density at radius 2 is 1.97 bits per heavy atom. The number of hydrogen-bond acceptors (Lipinski definition) is 7. The maximum atomic E-state index is 13.3. The van der Waals surface area contributed by atoms with Crippen LogP contribution in [0.1, 0.15) is 35.0 Å². The molecule has 2 heterocycles. The summed E-state index contributed by atoms with van der Waals surface area (Å²) in [5.41, 5.74) is 1.34. The molecule has 0 saturated carbocycles. The van der Waals surface area contributed by atoms with Gasteiger partial charge in [-0.1, -0.05) is 0 Å². The zero-order valence-electron chi connectivity index (χ0n) is 19.9. The van der Waals surface area contributed by atoms with Crippen molar-refractivity contribution < 1.29 is 27.5 Å². The first-order valence-electron chi connectivity index (χ1n) is 11.4. The van der Waals surface area contributed by atoms with Crippen molar-refractivity contribution >= 4 is 49.0 Å². The average Bonchev–Trinajstić information content (AvgIpc) is 3.28. The number of anilines is 1. The van der Waals surface area contributed by atoms with Crippen LogP contribution in [0.25, 0.3) is 10.1 Å². The summed E-state index contributed by atoms with van der Waals surface area (Å²) in [7, 11) is -2.40. The van der Waals surface area contributed by atoms with Crippen LogP contribution in [-0.4, -0.2) is 51.4 Å². The van der Waals surface area contributed by atoms with Crippen molar-refractivity contribution in [1.82, 2.24) is 4.31 Å². The Morgan fingerprint density at radius 3 is 2.69 bits per heavy atom. The number of carbonyl (C=O) groups is 2. The molecular weight excluding hydrogens is 488 g/mol. The molecule has 186 valence electrons. The average molecular weight is 517 g/mol. The molecule has 1 saturated heterocycles. The quantitative estimate of drug-likeness (QED) is 0.466. The second kappa shape index (κ2) is 10.3. The Kier molecular flexibility index (Phi) is 7.44. The van der Waals surface area contributed by atoms with E-state index in [1.807, 2.05) is 19.9 Å². The fourth-order valence-corrected chi connectivity index (χ4v) is 6.76. The van der Waals surface area contributed by atoms with Gasteiger partial charge in [-0.3, -0.25) is 4.79 Å². The number of amides is 1.